The number of rotatable bonds is 7. The molecule has 0 bridgehead atoms. The van der Waals surface area contributed by atoms with Crippen LogP contribution in [-0.2, 0) is 20.0 Å². The molecular weight excluding hydrogens is 253 g/mol. The van der Waals surface area contributed by atoms with Crippen LogP contribution in [0.4, 0.5) is 9.18 Å². The SMILES string of the molecule is CCCC(OCOC)(OC(N)=O)c1ccccc1F. The molecule has 0 fully saturated rings. The summed E-state index contributed by atoms with van der Waals surface area (Å²) in [5.74, 6) is -2.10. The van der Waals surface area contributed by atoms with Crippen LogP contribution in [0.5, 0.6) is 0 Å². The first-order chi connectivity index (χ1) is 9.05. The van der Waals surface area contributed by atoms with Crippen molar-refractivity contribution in [3.63, 3.8) is 0 Å². The summed E-state index contributed by atoms with van der Waals surface area (Å²) in [7, 11) is 1.42. The lowest BCUT2D eigenvalue weighted by atomic mass is 10.00. The minimum atomic E-state index is -1.57. The van der Waals surface area contributed by atoms with E-state index in [4.69, 9.17) is 19.9 Å². The molecule has 6 heteroatoms. The van der Waals surface area contributed by atoms with Gasteiger partial charge in [-0.15, -0.1) is 0 Å². The van der Waals surface area contributed by atoms with E-state index in [9.17, 15) is 9.18 Å². The Balaban J connectivity index is 3.20. The van der Waals surface area contributed by atoms with E-state index < -0.39 is 17.7 Å². The third-order valence-electron chi connectivity index (χ3n) is 2.54. The molecule has 0 heterocycles. The van der Waals surface area contributed by atoms with Gasteiger partial charge in [-0.05, 0) is 18.6 Å². The number of carbonyl (C=O) groups excluding carboxylic acids is 1. The molecule has 1 aromatic carbocycles. The summed E-state index contributed by atoms with van der Waals surface area (Å²) in [5, 5.41) is 0. The standard InChI is InChI=1S/C13H18FNO4/c1-3-8-13(18-9-17-2,19-12(15)16)10-6-4-5-7-11(10)14/h4-7H,3,8-9H2,1-2H3,(H2,15,16). The van der Waals surface area contributed by atoms with Crippen molar-refractivity contribution in [1.29, 1.82) is 0 Å². The van der Waals surface area contributed by atoms with Crippen LogP contribution in [-0.4, -0.2) is 20.0 Å². The average Bonchev–Trinajstić information content (AvgIpc) is 2.36. The van der Waals surface area contributed by atoms with Crippen molar-refractivity contribution in [3.05, 3.63) is 35.6 Å². The van der Waals surface area contributed by atoms with E-state index in [-0.39, 0.29) is 18.8 Å². The van der Waals surface area contributed by atoms with Gasteiger partial charge < -0.3 is 19.9 Å². The minimum absolute atomic E-state index is 0.118. The van der Waals surface area contributed by atoms with E-state index in [1.54, 1.807) is 6.07 Å². The number of carbonyl (C=O) groups is 1. The van der Waals surface area contributed by atoms with Crippen molar-refractivity contribution in [1.82, 2.24) is 0 Å². The van der Waals surface area contributed by atoms with Crippen molar-refractivity contribution >= 4 is 6.09 Å². The van der Waals surface area contributed by atoms with E-state index in [2.05, 4.69) is 0 Å². The van der Waals surface area contributed by atoms with Gasteiger partial charge >= 0.3 is 6.09 Å². The van der Waals surface area contributed by atoms with Gasteiger partial charge in [0, 0.05) is 13.5 Å². The first-order valence-electron chi connectivity index (χ1n) is 5.92. The second kappa shape index (κ2) is 7.06. The zero-order valence-corrected chi connectivity index (χ0v) is 11.0. The van der Waals surface area contributed by atoms with Gasteiger partial charge in [-0.1, -0.05) is 19.1 Å². The maximum absolute atomic E-state index is 13.9. The highest BCUT2D eigenvalue weighted by atomic mass is 19.1. The normalized spacial score (nSPS) is 13.8. The predicted molar refractivity (Wildman–Crippen MR) is 66.6 cm³/mol. The van der Waals surface area contributed by atoms with E-state index in [1.165, 1.54) is 25.3 Å². The van der Waals surface area contributed by atoms with Gasteiger partial charge in [-0.2, -0.15) is 0 Å². The zero-order valence-electron chi connectivity index (χ0n) is 11.0. The molecule has 1 aromatic rings. The largest absolute Gasteiger partial charge is 0.412 e. The average molecular weight is 271 g/mol. The first-order valence-corrected chi connectivity index (χ1v) is 5.92. The van der Waals surface area contributed by atoms with Crippen LogP contribution >= 0.6 is 0 Å². The molecule has 1 amide bonds. The van der Waals surface area contributed by atoms with Gasteiger partial charge in [0.15, 0.2) is 6.79 Å². The number of primary amides is 1. The summed E-state index contributed by atoms with van der Waals surface area (Å²) in [6, 6.07) is 5.92. The highest BCUT2D eigenvalue weighted by molar-refractivity contribution is 5.65. The topological polar surface area (TPSA) is 70.8 Å². The van der Waals surface area contributed by atoms with Crippen LogP contribution in [0.1, 0.15) is 25.3 Å². The summed E-state index contributed by atoms with van der Waals surface area (Å²) >= 11 is 0. The molecule has 0 aliphatic carbocycles. The third kappa shape index (κ3) is 3.90. The van der Waals surface area contributed by atoms with Gasteiger partial charge in [0.1, 0.15) is 5.82 Å². The Morgan fingerprint density at radius 3 is 2.63 bits per heavy atom. The molecule has 2 N–H and O–H groups in total. The molecule has 0 saturated heterocycles. The number of benzene rings is 1. The molecule has 0 aliphatic rings. The fourth-order valence-corrected chi connectivity index (χ4v) is 1.84. The molecule has 0 aliphatic heterocycles. The molecule has 5 nitrogen and oxygen atoms in total. The molecule has 106 valence electrons. The molecule has 1 atom stereocenters. The number of halogens is 1. The number of amides is 1. The minimum Gasteiger partial charge on any atom is -0.412 e. The number of ether oxygens (including phenoxy) is 3. The Hall–Kier alpha value is -1.66. The Morgan fingerprint density at radius 2 is 2.11 bits per heavy atom. The fourth-order valence-electron chi connectivity index (χ4n) is 1.84. The summed E-state index contributed by atoms with van der Waals surface area (Å²) in [6.07, 6.45) is -0.168. The van der Waals surface area contributed by atoms with Gasteiger partial charge in [-0.3, -0.25) is 0 Å². The van der Waals surface area contributed by atoms with E-state index in [0.29, 0.717) is 6.42 Å². The highest BCUT2D eigenvalue weighted by Crippen LogP contribution is 2.34. The van der Waals surface area contributed by atoms with Gasteiger partial charge in [0.25, 0.3) is 0 Å². The monoisotopic (exact) mass is 271 g/mol. The number of nitrogens with two attached hydrogens (primary N) is 1. The van der Waals surface area contributed by atoms with Crippen LogP contribution in [0.15, 0.2) is 24.3 Å². The van der Waals surface area contributed by atoms with Crippen LogP contribution in [0.2, 0.25) is 0 Å². The molecular formula is C13H18FNO4. The van der Waals surface area contributed by atoms with Crippen molar-refractivity contribution < 1.29 is 23.4 Å². The van der Waals surface area contributed by atoms with Crippen molar-refractivity contribution in [3.8, 4) is 0 Å². The van der Waals surface area contributed by atoms with Gasteiger partial charge in [0.05, 0.1) is 5.56 Å². The number of methoxy groups -OCH3 is 1. The van der Waals surface area contributed by atoms with Crippen LogP contribution < -0.4 is 5.73 Å². The lowest BCUT2D eigenvalue weighted by Crippen LogP contribution is -2.38. The van der Waals surface area contributed by atoms with Crippen molar-refractivity contribution in [2.75, 3.05) is 13.9 Å². The molecule has 1 unspecified atom stereocenters. The van der Waals surface area contributed by atoms with E-state index >= 15 is 0 Å². The predicted octanol–water partition coefficient (Wildman–Crippen LogP) is 2.49. The molecule has 0 spiro atoms. The summed E-state index contributed by atoms with van der Waals surface area (Å²) < 4.78 is 29.2. The lowest BCUT2D eigenvalue weighted by Gasteiger charge is -2.32. The fraction of sp³-hybridized carbons (Fsp3) is 0.462. The van der Waals surface area contributed by atoms with Crippen LogP contribution in [0, 0.1) is 5.82 Å². The Morgan fingerprint density at radius 1 is 1.42 bits per heavy atom. The van der Waals surface area contributed by atoms with Crippen LogP contribution in [0.25, 0.3) is 0 Å². The van der Waals surface area contributed by atoms with E-state index in [1.807, 2.05) is 6.92 Å². The second-order valence-corrected chi connectivity index (χ2v) is 3.95. The zero-order chi connectivity index (χ0) is 14.3. The Kier molecular flexibility index (Phi) is 5.72. The molecule has 0 aromatic heterocycles. The molecule has 1 rings (SSSR count). The maximum atomic E-state index is 13.9. The van der Waals surface area contributed by atoms with Gasteiger partial charge in [0.2, 0.25) is 5.79 Å². The smallest absolute Gasteiger partial charge is 0.407 e. The van der Waals surface area contributed by atoms with Gasteiger partial charge in [-0.25, -0.2) is 9.18 Å². The Labute approximate surface area is 111 Å². The molecule has 0 saturated carbocycles. The lowest BCUT2D eigenvalue weighted by molar-refractivity contribution is -0.253. The summed E-state index contributed by atoms with van der Waals surface area (Å²) in [6.45, 7) is 1.71. The summed E-state index contributed by atoms with van der Waals surface area (Å²) in [5.41, 5.74) is 5.18. The number of hydrogen-bond acceptors (Lipinski definition) is 4. The van der Waals surface area contributed by atoms with Crippen LogP contribution in [0.3, 0.4) is 0 Å². The first kappa shape index (κ1) is 15.4. The number of hydrogen-bond donors (Lipinski definition) is 1. The Bertz CT molecular complexity index is 427. The maximum Gasteiger partial charge on any atom is 0.407 e. The third-order valence-corrected chi connectivity index (χ3v) is 2.54. The van der Waals surface area contributed by atoms with Crippen molar-refractivity contribution in [2.45, 2.75) is 25.6 Å². The summed E-state index contributed by atoms with van der Waals surface area (Å²) in [4.78, 5) is 11.1. The molecule has 19 heavy (non-hydrogen) atoms. The second-order valence-electron chi connectivity index (χ2n) is 3.95. The van der Waals surface area contributed by atoms with E-state index in [0.717, 1.165) is 0 Å². The quantitative estimate of drug-likeness (QED) is 0.773. The molecule has 0 radical (unpaired) electrons. The highest BCUT2D eigenvalue weighted by Gasteiger charge is 2.39. The van der Waals surface area contributed by atoms with Crippen molar-refractivity contribution in [2.24, 2.45) is 5.73 Å².